The molecule has 10 heteroatoms. The molecule has 2 rings (SSSR count). The Hall–Kier alpha value is -3.30. The average molecular weight is 519 g/mol. The molecule has 0 bridgehead atoms. The fourth-order valence-electron chi connectivity index (χ4n) is 4.09. The second kappa shape index (κ2) is 13.3. The zero-order valence-corrected chi connectivity index (χ0v) is 23.1. The third-order valence-electron chi connectivity index (χ3n) is 6.18. The number of carbonyl (C=O) groups excluding carboxylic acids is 4. The third kappa shape index (κ3) is 9.26. The van der Waals surface area contributed by atoms with E-state index in [1.54, 1.807) is 39.7 Å². The maximum Gasteiger partial charge on any atom is 0.408 e. The minimum Gasteiger partial charge on any atom is -0.496 e. The summed E-state index contributed by atoms with van der Waals surface area (Å²) in [6.07, 6.45) is 0.321. The Morgan fingerprint density at radius 3 is 2.22 bits per heavy atom. The summed E-state index contributed by atoms with van der Waals surface area (Å²) in [5, 5.41) is 8.30. The highest BCUT2D eigenvalue weighted by Crippen LogP contribution is 2.20. The zero-order valence-electron chi connectivity index (χ0n) is 23.1. The molecule has 37 heavy (non-hydrogen) atoms. The predicted molar refractivity (Wildman–Crippen MR) is 140 cm³/mol. The van der Waals surface area contributed by atoms with Gasteiger partial charge < -0.3 is 30.3 Å². The Morgan fingerprint density at radius 1 is 1.03 bits per heavy atom. The minimum absolute atomic E-state index is 0.128. The van der Waals surface area contributed by atoms with Crippen molar-refractivity contribution in [3.05, 3.63) is 29.8 Å². The smallest absolute Gasteiger partial charge is 0.408 e. The molecule has 10 nitrogen and oxygen atoms in total. The SMILES string of the molecule is COc1ccccc1CNC(=O)[C@H](C)NC(=O)C1CCN(C(=O)[C@@H](NC(=O)OC(C)(C)C)C(C)C)CC1. The quantitative estimate of drug-likeness (QED) is 0.461. The third-order valence-corrected chi connectivity index (χ3v) is 6.18. The van der Waals surface area contributed by atoms with Gasteiger partial charge in [0, 0.05) is 31.1 Å². The first-order valence-corrected chi connectivity index (χ1v) is 12.8. The fourth-order valence-corrected chi connectivity index (χ4v) is 4.09. The maximum absolute atomic E-state index is 13.1. The van der Waals surface area contributed by atoms with E-state index in [-0.39, 0.29) is 36.1 Å². The van der Waals surface area contributed by atoms with E-state index in [4.69, 9.17) is 9.47 Å². The topological polar surface area (TPSA) is 126 Å². The fraction of sp³-hybridized carbons (Fsp3) is 0.630. The van der Waals surface area contributed by atoms with E-state index in [0.29, 0.717) is 31.7 Å². The lowest BCUT2D eigenvalue weighted by Crippen LogP contribution is -2.54. The van der Waals surface area contributed by atoms with Crippen LogP contribution >= 0.6 is 0 Å². The Balaban J connectivity index is 1.84. The van der Waals surface area contributed by atoms with E-state index in [2.05, 4.69) is 16.0 Å². The second-order valence-electron chi connectivity index (χ2n) is 10.7. The van der Waals surface area contributed by atoms with E-state index in [0.717, 1.165) is 5.56 Å². The minimum atomic E-state index is -0.716. The number of amides is 4. The summed E-state index contributed by atoms with van der Waals surface area (Å²) in [7, 11) is 1.57. The second-order valence-corrected chi connectivity index (χ2v) is 10.7. The van der Waals surface area contributed by atoms with Crippen LogP contribution < -0.4 is 20.7 Å². The first-order chi connectivity index (χ1) is 17.3. The number of alkyl carbamates (subject to hydrolysis) is 1. The van der Waals surface area contributed by atoms with Crippen molar-refractivity contribution >= 4 is 23.8 Å². The Morgan fingerprint density at radius 2 is 1.65 bits per heavy atom. The van der Waals surface area contributed by atoms with E-state index in [9.17, 15) is 19.2 Å². The van der Waals surface area contributed by atoms with Crippen molar-refractivity contribution in [3.63, 3.8) is 0 Å². The Kier molecular flexibility index (Phi) is 10.8. The molecule has 1 heterocycles. The normalized spacial score (nSPS) is 15.9. The molecule has 0 aromatic heterocycles. The van der Waals surface area contributed by atoms with Gasteiger partial charge in [-0.05, 0) is 52.5 Å². The molecule has 1 aromatic carbocycles. The number of benzene rings is 1. The highest BCUT2D eigenvalue weighted by atomic mass is 16.6. The summed E-state index contributed by atoms with van der Waals surface area (Å²) in [5.41, 5.74) is 0.179. The number of carbonyl (C=O) groups is 4. The van der Waals surface area contributed by atoms with E-state index in [1.165, 1.54) is 0 Å². The summed E-state index contributed by atoms with van der Waals surface area (Å²) in [5.74, 6) is -0.439. The lowest BCUT2D eigenvalue weighted by atomic mass is 9.94. The number of piperidine rings is 1. The average Bonchev–Trinajstić information content (AvgIpc) is 2.84. The number of rotatable bonds is 9. The molecule has 0 saturated carbocycles. The van der Waals surface area contributed by atoms with Gasteiger partial charge in [-0.25, -0.2) is 4.79 Å². The van der Waals surface area contributed by atoms with Crippen LogP contribution in [-0.4, -0.2) is 66.6 Å². The summed E-state index contributed by atoms with van der Waals surface area (Å²) in [6.45, 7) is 11.7. The van der Waals surface area contributed by atoms with Crippen molar-refractivity contribution in [1.82, 2.24) is 20.9 Å². The number of hydrogen-bond donors (Lipinski definition) is 3. The molecule has 1 fully saturated rings. The van der Waals surface area contributed by atoms with Crippen LogP contribution in [0.3, 0.4) is 0 Å². The van der Waals surface area contributed by atoms with Gasteiger partial charge in [0.1, 0.15) is 23.4 Å². The number of likely N-dealkylation sites (tertiary alicyclic amines) is 1. The van der Waals surface area contributed by atoms with Gasteiger partial charge in [-0.15, -0.1) is 0 Å². The summed E-state index contributed by atoms with van der Waals surface area (Å²) in [4.78, 5) is 52.3. The number of methoxy groups -OCH3 is 1. The largest absolute Gasteiger partial charge is 0.496 e. The molecular weight excluding hydrogens is 476 g/mol. The van der Waals surface area contributed by atoms with E-state index in [1.807, 2.05) is 38.1 Å². The van der Waals surface area contributed by atoms with Crippen molar-refractivity contribution in [2.24, 2.45) is 11.8 Å². The molecule has 206 valence electrons. The van der Waals surface area contributed by atoms with E-state index < -0.39 is 23.8 Å². The standard InChI is InChI=1S/C27H42N4O6/c1-17(2)22(30-26(35)37-27(4,5)6)25(34)31-14-12-19(13-15-31)24(33)29-18(3)23(32)28-16-20-10-8-9-11-21(20)36-7/h8-11,17-19,22H,12-16H2,1-7H3,(H,28,32)(H,29,33)(H,30,35)/t18-,22-/m0/s1. The number of hydrogen-bond acceptors (Lipinski definition) is 6. The molecule has 4 amide bonds. The van der Waals surface area contributed by atoms with Crippen LogP contribution in [0.4, 0.5) is 4.79 Å². The number of para-hydroxylation sites is 1. The van der Waals surface area contributed by atoms with Gasteiger partial charge in [-0.3, -0.25) is 14.4 Å². The van der Waals surface area contributed by atoms with Crippen molar-refractivity contribution < 1.29 is 28.7 Å². The van der Waals surface area contributed by atoms with Gasteiger partial charge in [-0.1, -0.05) is 32.0 Å². The first-order valence-electron chi connectivity index (χ1n) is 12.8. The van der Waals surface area contributed by atoms with Crippen LogP contribution in [-0.2, 0) is 25.7 Å². The molecule has 1 aliphatic heterocycles. The molecular formula is C27H42N4O6. The highest BCUT2D eigenvalue weighted by molar-refractivity contribution is 5.89. The monoisotopic (exact) mass is 518 g/mol. The summed E-state index contributed by atoms with van der Waals surface area (Å²) >= 11 is 0. The molecule has 1 aromatic rings. The van der Waals surface area contributed by atoms with Crippen molar-refractivity contribution in [3.8, 4) is 5.75 Å². The highest BCUT2D eigenvalue weighted by Gasteiger charge is 2.34. The van der Waals surface area contributed by atoms with Gasteiger partial charge in [0.25, 0.3) is 0 Å². The Labute approximate surface area is 219 Å². The number of nitrogens with one attached hydrogen (secondary N) is 3. The van der Waals surface area contributed by atoms with Crippen LogP contribution in [0.15, 0.2) is 24.3 Å². The lowest BCUT2D eigenvalue weighted by molar-refractivity contribution is -0.138. The van der Waals surface area contributed by atoms with Gasteiger partial charge in [0.15, 0.2) is 0 Å². The predicted octanol–water partition coefficient (Wildman–Crippen LogP) is 2.60. The molecule has 0 unspecified atom stereocenters. The lowest BCUT2D eigenvalue weighted by Gasteiger charge is -2.35. The molecule has 0 aliphatic carbocycles. The summed E-state index contributed by atoms with van der Waals surface area (Å²) < 4.78 is 10.6. The van der Waals surface area contributed by atoms with Gasteiger partial charge in [-0.2, -0.15) is 0 Å². The molecule has 1 aliphatic rings. The van der Waals surface area contributed by atoms with Gasteiger partial charge in [0.2, 0.25) is 17.7 Å². The van der Waals surface area contributed by atoms with Crippen LogP contribution in [0.1, 0.15) is 59.9 Å². The molecule has 0 radical (unpaired) electrons. The zero-order chi connectivity index (χ0) is 27.8. The number of nitrogens with zero attached hydrogens (tertiary/aromatic N) is 1. The first kappa shape index (κ1) is 29.9. The summed E-state index contributed by atoms with van der Waals surface area (Å²) in [6, 6.07) is 5.98. The van der Waals surface area contributed by atoms with Crippen molar-refractivity contribution in [2.45, 2.75) is 78.6 Å². The van der Waals surface area contributed by atoms with Gasteiger partial charge >= 0.3 is 6.09 Å². The molecule has 0 spiro atoms. The van der Waals surface area contributed by atoms with Crippen molar-refractivity contribution in [2.75, 3.05) is 20.2 Å². The maximum atomic E-state index is 13.1. The van der Waals surface area contributed by atoms with E-state index >= 15 is 0 Å². The van der Waals surface area contributed by atoms with Crippen LogP contribution in [0.2, 0.25) is 0 Å². The van der Waals surface area contributed by atoms with Crippen LogP contribution in [0, 0.1) is 11.8 Å². The van der Waals surface area contributed by atoms with Crippen molar-refractivity contribution in [1.29, 1.82) is 0 Å². The molecule has 1 saturated heterocycles. The van der Waals surface area contributed by atoms with Gasteiger partial charge in [0.05, 0.1) is 7.11 Å². The number of ether oxygens (including phenoxy) is 2. The Bertz CT molecular complexity index is 950. The van der Waals surface area contributed by atoms with Crippen LogP contribution in [0.5, 0.6) is 5.75 Å². The van der Waals surface area contributed by atoms with Crippen LogP contribution in [0.25, 0.3) is 0 Å². The molecule has 3 N–H and O–H groups in total. The molecule has 2 atom stereocenters.